The van der Waals surface area contributed by atoms with Gasteiger partial charge in [-0.2, -0.15) is 0 Å². The monoisotopic (exact) mass is 322 g/mol. The Kier molecular flexibility index (Phi) is 5.89. The highest BCUT2D eigenvalue weighted by Crippen LogP contribution is 2.29. The third-order valence-corrected chi connectivity index (χ3v) is 3.63. The molecule has 0 aromatic heterocycles. The van der Waals surface area contributed by atoms with Crippen LogP contribution in [0.5, 0.6) is 0 Å². The maximum atomic E-state index is 12.1. The number of hydrogen-bond donors (Lipinski definition) is 1. The Hall–Kier alpha value is -2.19. The van der Waals surface area contributed by atoms with Gasteiger partial charge in [0.25, 0.3) is 11.6 Å². The molecule has 1 aromatic rings. The van der Waals surface area contributed by atoms with Crippen LogP contribution in [-0.2, 0) is 4.74 Å². The summed E-state index contributed by atoms with van der Waals surface area (Å²) in [7, 11) is 3.82. The smallest absolute Gasteiger partial charge is 0.293 e. The van der Waals surface area contributed by atoms with Gasteiger partial charge in [-0.15, -0.1) is 0 Å². The maximum Gasteiger partial charge on any atom is 0.293 e. The summed E-state index contributed by atoms with van der Waals surface area (Å²) in [6, 6.07) is 4.61. The first kappa shape index (κ1) is 17.2. The van der Waals surface area contributed by atoms with Crippen molar-refractivity contribution in [2.24, 2.45) is 0 Å². The molecule has 0 unspecified atom stereocenters. The van der Waals surface area contributed by atoms with E-state index in [1.54, 1.807) is 12.1 Å². The number of benzene rings is 1. The Bertz CT molecular complexity index is 571. The van der Waals surface area contributed by atoms with E-state index in [-0.39, 0.29) is 11.6 Å². The van der Waals surface area contributed by atoms with Crippen molar-refractivity contribution in [3.63, 3.8) is 0 Å². The Morgan fingerprint density at radius 2 is 2.09 bits per heavy atom. The molecule has 1 saturated heterocycles. The number of anilines is 1. The molecule has 1 amide bonds. The molecule has 8 nitrogen and oxygen atoms in total. The zero-order valence-electron chi connectivity index (χ0n) is 13.4. The predicted octanol–water partition coefficient (Wildman–Crippen LogP) is 0.723. The molecule has 0 atom stereocenters. The van der Waals surface area contributed by atoms with E-state index in [9.17, 15) is 14.9 Å². The van der Waals surface area contributed by atoms with Gasteiger partial charge in [0.15, 0.2) is 0 Å². The maximum absolute atomic E-state index is 12.1. The van der Waals surface area contributed by atoms with Crippen LogP contribution in [0.1, 0.15) is 10.4 Å². The van der Waals surface area contributed by atoms with Crippen LogP contribution in [0.2, 0.25) is 0 Å². The minimum atomic E-state index is -0.443. The molecule has 1 fully saturated rings. The number of nitro groups is 1. The van der Waals surface area contributed by atoms with E-state index in [1.807, 2.05) is 23.9 Å². The van der Waals surface area contributed by atoms with Gasteiger partial charge in [-0.05, 0) is 26.2 Å². The lowest BCUT2D eigenvalue weighted by Gasteiger charge is -2.28. The molecule has 8 heteroatoms. The van der Waals surface area contributed by atoms with Crippen molar-refractivity contribution in [1.29, 1.82) is 0 Å². The number of nitro benzene ring substituents is 1. The van der Waals surface area contributed by atoms with Gasteiger partial charge in [-0.3, -0.25) is 14.9 Å². The summed E-state index contributed by atoms with van der Waals surface area (Å²) in [6.07, 6.45) is 0. The molecule has 1 aromatic carbocycles. The number of nitrogens with zero attached hydrogens (tertiary/aromatic N) is 3. The third kappa shape index (κ3) is 4.64. The fraction of sp³-hybridized carbons (Fsp3) is 0.533. The summed E-state index contributed by atoms with van der Waals surface area (Å²) < 4.78 is 5.27. The topological polar surface area (TPSA) is 88.0 Å². The van der Waals surface area contributed by atoms with Crippen LogP contribution in [0.25, 0.3) is 0 Å². The van der Waals surface area contributed by atoms with Gasteiger partial charge in [-0.25, -0.2) is 0 Å². The van der Waals surface area contributed by atoms with Crippen molar-refractivity contribution in [1.82, 2.24) is 10.2 Å². The Labute approximate surface area is 135 Å². The molecule has 1 aliphatic heterocycles. The first-order chi connectivity index (χ1) is 11.0. The summed E-state index contributed by atoms with van der Waals surface area (Å²) >= 11 is 0. The number of carbonyl (C=O) groups excluding carboxylic acids is 1. The SMILES string of the molecule is CN(C)CCNC(=O)c1ccc(N2CCOCC2)c([N+](=O)[O-])c1. The van der Waals surface area contributed by atoms with Crippen molar-refractivity contribution in [3.05, 3.63) is 33.9 Å². The number of rotatable bonds is 6. The van der Waals surface area contributed by atoms with Crippen molar-refractivity contribution < 1.29 is 14.5 Å². The molecule has 0 saturated carbocycles. The molecular weight excluding hydrogens is 300 g/mol. The Morgan fingerprint density at radius 1 is 1.39 bits per heavy atom. The van der Waals surface area contributed by atoms with E-state index in [0.717, 1.165) is 0 Å². The summed E-state index contributed by atoms with van der Waals surface area (Å²) in [5.74, 6) is -0.302. The number of ether oxygens (including phenoxy) is 1. The van der Waals surface area contributed by atoms with E-state index in [1.165, 1.54) is 6.07 Å². The van der Waals surface area contributed by atoms with Gasteiger partial charge in [0.2, 0.25) is 0 Å². The fourth-order valence-electron chi connectivity index (χ4n) is 2.38. The highest BCUT2D eigenvalue weighted by Gasteiger charge is 2.23. The van der Waals surface area contributed by atoms with Gasteiger partial charge in [0.1, 0.15) is 5.69 Å². The molecule has 2 rings (SSSR count). The number of hydrogen-bond acceptors (Lipinski definition) is 6. The molecule has 126 valence electrons. The number of amides is 1. The van der Waals surface area contributed by atoms with Crippen molar-refractivity contribution in [2.45, 2.75) is 0 Å². The number of carbonyl (C=O) groups is 1. The number of likely N-dealkylation sites (N-methyl/N-ethyl adjacent to an activating group) is 1. The Morgan fingerprint density at radius 3 is 2.70 bits per heavy atom. The molecule has 0 radical (unpaired) electrons. The van der Waals surface area contributed by atoms with Crippen molar-refractivity contribution in [2.75, 3.05) is 58.4 Å². The molecule has 0 bridgehead atoms. The second-order valence-electron chi connectivity index (χ2n) is 5.62. The molecule has 1 aliphatic rings. The van der Waals surface area contributed by atoms with Gasteiger partial charge >= 0.3 is 0 Å². The second-order valence-corrected chi connectivity index (χ2v) is 5.62. The second kappa shape index (κ2) is 7.89. The lowest BCUT2D eigenvalue weighted by atomic mass is 10.1. The molecule has 1 N–H and O–H groups in total. The van der Waals surface area contributed by atoms with Crippen LogP contribution < -0.4 is 10.2 Å². The largest absolute Gasteiger partial charge is 0.378 e. The van der Waals surface area contributed by atoms with Crippen LogP contribution >= 0.6 is 0 Å². The van der Waals surface area contributed by atoms with Gasteiger partial charge in [0.05, 0.1) is 18.1 Å². The molecule has 23 heavy (non-hydrogen) atoms. The van der Waals surface area contributed by atoms with E-state index in [0.29, 0.717) is 50.6 Å². The quantitative estimate of drug-likeness (QED) is 0.613. The van der Waals surface area contributed by atoms with Gasteiger partial charge in [0, 0.05) is 37.8 Å². The van der Waals surface area contributed by atoms with Gasteiger partial charge in [-0.1, -0.05) is 0 Å². The van der Waals surface area contributed by atoms with E-state index in [4.69, 9.17) is 4.74 Å². The standard InChI is InChI=1S/C15H22N4O4/c1-17(2)6-5-16-15(20)12-3-4-13(14(11-12)19(21)22)18-7-9-23-10-8-18/h3-4,11H,5-10H2,1-2H3,(H,16,20). The van der Waals surface area contributed by atoms with Crippen molar-refractivity contribution in [3.8, 4) is 0 Å². The minimum Gasteiger partial charge on any atom is -0.378 e. The highest BCUT2D eigenvalue weighted by molar-refractivity contribution is 5.95. The highest BCUT2D eigenvalue weighted by atomic mass is 16.6. The van der Waals surface area contributed by atoms with Crippen LogP contribution in [-0.4, -0.2) is 69.2 Å². The summed E-state index contributed by atoms with van der Waals surface area (Å²) in [5.41, 5.74) is 0.780. The average Bonchev–Trinajstić information content (AvgIpc) is 2.54. The molecule has 0 aliphatic carbocycles. The minimum absolute atomic E-state index is 0.0489. The van der Waals surface area contributed by atoms with Gasteiger partial charge < -0.3 is 19.9 Å². The molecule has 1 heterocycles. The summed E-state index contributed by atoms with van der Waals surface area (Å²) in [6.45, 7) is 3.50. The van der Waals surface area contributed by atoms with Crippen LogP contribution in [0.4, 0.5) is 11.4 Å². The van der Waals surface area contributed by atoms with Crippen molar-refractivity contribution >= 4 is 17.3 Å². The summed E-state index contributed by atoms with van der Waals surface area (Å²) in [4.78, 5) is 26.9. The lowest BCUT2D eigenvalue weighted by Crippen LogP contribution is -2.36. The summed E-state index contributed by atoms with van der Waals surface area (Å²) in [5, 5.41) is 14.1. The zero-order valence-corrected chi connectivity index (χ0v) is 13.4. The molecule has 0 spiro atoms. The fourth-order valence-corrected chi connectivity index (χ4v) is 2.38. The van der Waals surface area contributed by atoms with E-state index < -0.39 is 4.92 Å². The first-order valence-electron chi connectivity index (χ1n) is 7.53. The van der Waals surface area contributed by atoms with E-state index in [2.05, 4.69) is 5.32 Å². The van der Waals surface area contributed by atoms with E-state index >= 15 is 0 Å². The average molecular weight is 322 g/mol. The number of morpholine rings is 1. The predicted molar refractivity (Wildman–Crippen MR) is 87.0 cm³/mol. The zero-order chi connectivity index (χ0) is 16.8. The normalized spacial score (nSPS) is 14.8. The van der Waals surface area contributed by atoms with Crippen LogP contribution in [0.3, 0.4) is 0 Å². The number of nitrogens with one attached hydrogen (secondary N) is 1. The Balaban J connectivity index is 2.15. The lowest BCUT2D eigenvalue weighted by molar-refractivity contribution is -0.384. The first-order valence-corrected chi connectivity index (χ1v) is 7.53. The van der Waals surface area contributed by atoms with Crippen LogP contribution in [0, 0.1) is 10.1 Å². The molecular formula is C15H22N4O4. The third-order valence-electron chi connectivity index (χ3n) is 3.63. The van der Waals surface area contributed by atoms with Crippen LogP contribution in [0.15, 0.2) is 18.2 Å².